The number of carbonyl (C=O) groups excluding carboxylic acids is 1. The number of amides is 1. The van der Waals surface area contributed by atoms with E-state index in [4.69, 9.17) is 27.9 Å². The number of nitrogens with zero attached hydrogens (tertiary/aromatic N) is 2. The Morgan fingerprint density at radius 2 is 2.00 bits per heavy atom. The number of aromatic nitrogens is 1. The number of pyridine rings is 1. The maximum atomic E-state index is 12.3. The van der Waals surface area contributed by atoms with Gasteiger partial charge in [0.05, 0.1) is 22.9 Å². The Morgan fingerprint density at radius 3 is 2.58 bits per heavy atom. The molecule has 0 fully saturated rings. The van der Waals surface area contributed by atoms with E-state index in [-0.39, 0.29) is 17.2 Å². The molecule has 1 amide bonds. The van der Waals surface area contributed by atoms with E-state index in [0.29, 0.717) is 28.0 Å². The summed E-state index contributed by atoms with van der Waals surface area (Å²) in [7, 11) is 0. The van der Waals surface area contributed by atoms with Crippen LogP contribution in [0.1, 0.15) is 42.7 Å². The molecule has 1 N–H and O–H groups in total. The highest BCUT2D eigenvalue weighted by atomic mass is 35.5. The molecule has 8 heteroatoms. The Labute approximate surface area is 161 Å². The zero-order valence-corrected chi connectivity index (χ0v) is 16.1. The van der Waals surface area contributed by atoms with Gasteiger partial charge in [0.15, 0.2) is 5.75 Å². The summed E-state index contributed by atoms with van der Waals surface area (Å²) in [5, 5.41) is 4.55. The molecule has 0 spiro atoms. The first-order chi connectivity index (χ1) is 12.3. The molecular formula is C18H19Cl2N3O3. The van der Waals surface area contributed by atoms with Gasteiger partial charge in [-0.15, -0.1) is 0 Å². The van der Waals surface area contributed by atoms with Crippen molar-refractivity contribution in [3.05, 3.63) is 62.0 Å². The van der Waals surface area contributed by atoms with Crippen LogP contribution >= 0.6 is 23.2 Å². The van der Waals surface area contributed by atoms with Gasteiger partial charge in [0, 0.05) is 12.2 Å². The summed E-state index contributed by atoms with van der Waals surface area (Å²) < 4.78 is 6.83. The average molecular weight is 396 g/mol. The zero-order valence-electron chi connectivity index (χ0n) is 14.6. The van der Waals surface area contributed by atoms with Crippen LogP contribution in [0.3, 0.4) is 0 Å². The monoisotopic (exact) mass is 395 g/mol. The minimum Gasteiger partial charge on any atom is -0.491 e. The van der Waals surface area contributed by atoms with Gasteiger partial charge in [-0.1, -0.05) is 23.2 Å². The van der Waals surface area contributed by atoms with Crippen LogP contribution in [0.15, 0.2) is 40.4 Å². The lowest BCUT2D eigenvalue weighted by Crippen LogP contribution is -2.31. The van der Waals surface area contributed by atoms with Gasteiger partial charge in [0.25, 0.3) is 11.5 Å². The van der Waals surface area contributed by atoms with Gasteiger partial charge in [-0.05, 0) is 50.6 Å². The quantitative estimate of drug-likeness (QED) is 0.595. The summed E-state index contributed by atoms with van der Waals surface area (Å²) >= 11 is 12.2. The molecule has 0 aliphatic carbocycles. The Hall–Kier alpha value is -2.31. The third-order valence-electron chi connectivity index (χ3n) is 3.46. The van der Waals surface area contributed by atoms with Crippen molar-refractivity contribution in [1.82, 2.24) is 9.99 Å². The van der Waals surface area contributed by atoms with Crippen LogP contribution in [0, 0.1) is 0 Å². The van der Waals surface area contributed by atoms with Crippen LogP contribution in [0.5, 0.6) is 5.75 Å². The van der Waals surface area contributed by atoms with Crippen LogP contribution in [0.2, 0.25) is 10.0 Å². The normalized spacial score (nSPS) is 11.2. The largest absolute Gasteiger partial charge is 0.491 e. The first kappa shape index (κ1) is 20.0. The lowest BCUT2D eigenvalue weighted by atomic mass is 10.2. The molecule has 2 aromatic rings. The van der Waals surface area contributed by atoms with E-state index in [9.17, 15) is 9.59 Å². The third kappa shape index (κ3) is 4.65. The van der Waals surface area contributed by atoms with Crippen molar-refractivity contribution < 1.29 is 9.53 Å². The molecule has 138 valence electrons. The average Bonchev–Trinajstić information content (AvgIpc) is 2.58. The number of nitrogens with one attached hydrogen (secondary N) is 1. The first-order valence-electron chi connectivity index (χ1n) is 8.01. The van der Waals surface area contributed by atoms with Crippen molar-refractivity contribution in [2.75, 3.05) is 6.61 Å². The van der Waals surface area contributed by atoms with Crippen LogP contribution < -0.4 is 15.7 Å². The van der Waals surface area contributed by atoms with Gasteiger partial charge in [-0.25, -0.2) is 5.43 Å². The smallest absolute Gasteiger partial charge is 0.276 e. The minimum atomic E-state index is -0.593. The van der Waals surface area contributed by atoms with Crippen LogP contribution in [-0.2, 0) is 0 Å². The Kier molecular flexibility index (Phi) is 6.83. The molecular weight excluding hydrogens is 377 g/mol. The van der Waals surface area contributed by atoms with Crippen molar-refractivity contribution in [2.45, 2.75) is 26.8 Å². The molecule has 0 atom stereocenters. The fraction of sp³-hybridized carbons (Fsp3) is 0.278. The number of hydrazone groups is 1. The van der Waals surface area contributed by atoms with Gasteiger partial charge in [-0.2, -0.15) is 5.10 Å². The summed E-state index contributed by atoms with van der Waals surface area (Å²) in [4.78, 5) is 24.5. The molecule has 0 radical (unpaired) electrons. The summed E-state index contributed by atoms with van der Waals surface area (Å²) in [6.07, 6.45) is 3.02. The fourth-order valence-electron chi connectivity index (χ4n) is 2.25. The maximum Gasteiger partial charge on any atom is 0.276 e. The predicted molar refractivity (Wildman–Crippen MR) is 104 cm³/mol. The standard InChI is InChI=1S/C18H19Cl2N3O3/c1-4-26-16-14(19)8-12(9-15(16)20)10-21-22-17(24)13-6-5-7-23(11(2)3)18(13)25/h5-11H,4H2,1-3H3,(H,22,24)/b21-10-. The lowest BCUT2D eigenvalue weighted by molar-refractivity contribution is 0.0953. The topological polar surface area (TPSA) is 72.7 Å². The Morgan fingerprint density at radius 1 is 1.35 bits per heavy atom. The molecule has 1 heterocycles. The molecule has 0 saturated heterocycles. The van der Waals surface area contributed by atoms with E-state index in [1.165, 1.54) is 16.8 Å². The van der Waals surface area contributed by atoms with E-state index < -0.39 is 5.91 Å². The third-order valence-corrected chi connectivity index (χ3v) is 4.03. The minimum absolute atomic E-state index is 0.0149. The number of hydrogen-bond donors (Lipinski definition) is 1. The maximum absolute atomic E-state index is 12.3. The number of hydrogen-bond acceptors (Lipinski definition) is 4. The van der Waals surface area contributed by atoms with Crippen molar-refractivity contribution in [2.24, 2.45) is 5.10 Å². The molecule has 2 rings (SSSR count). The van der Waals surface area contributed by atoms with Crippen molar-refractivity contribution in [1.29, 1.82) is 0 Å². The number of benzene rings is 1. The summed E-state index contributed by atoms with van der Waals surface area (Å²) in [6, 6.07) is 6.28. The van der Waals surface area contributed by atoms with E-state index in [1.54, 1.807) is 24.4 Å². The number of carbonyl (C=O) groups is 1. The molecule has 0 saturated carbocycles. The molecule has 1 aromatic carbocycles. The molecule has 1 aromatic heterocycles. The Balaban J connectivity index is 2.15. The number of halogens is 2. The van der Waals surface area contributed by atoms with Crippen LogP contribution in [0.4, 0.5) is 0 Å². The van der Waals surface area contributed by atoms with E-state index >= 15 is 0 Å². The van der Waals surface area contributed by atoms with Gasteiger partial charge < -0.3 is 9.30 Å². The predicted octanol–water partition coefficient (Wildman–Crippen LogP) is 3.90. The second kappa shape index (κ2) is 8.87. The molecule has 0 bridgehead atoms. The fourth-order valence-corrected chi connectivity index (χ4v) is 2.86. The second-order valence-corrected chi connectivity index (χ2v) is 6.49. The zero-order chi connectivity index (χ0) is 19.3. The van der Waals surface area contributed by atoms with E-state index in [1.807, 2.05) is 20.8 Å². The highest BCUT2D eigenvalue weighted by Crippen LogP contribution is 2.33. The summed E-state index contributed by atoms with van der Waals surface area (Å²) in [6.45, 7) is 5.99. The van der Waals surface area contributed by atoms with Gasteiger partial charge in [0.1, 0.15) is 5.56 Å². The Bertz CT molecular complexity index is 868. The van der Waals surface area contributed by atoms with Crippen molar-refractivity contribution in [3.8, 4) is 5.75 Å². The van der Waals surface area contributed by atoms with Crippen LogP contribution in [-0.4, -0.2) is 23.3 Å². The lowest BCUT2D eigenvalue weighted by Gasteiger charge is -2.10. The molecule has 0 aliphatic heterocycles. The van der Waals surface area contributed by atoms with E-state index in [0.717, 1.165) is 0 Å². The summed E-state index contributed by atoms with van der Waals surface area (Å²) in [5.41, 5.74) is 2.55. The van der Waals surface area contributed by atoms with E-state index in [2.05, 4.69) is 10.5 Å². The van der Waals surface area contributed by atoms with Crippen molar-refractivity contribution >= 4 is 35.3 Å². The SMILES string of the molecule is CCOc1c(Cl)cc(/C=N\NC(=O)c2cccn(C(C)C)c2=O)cc1Cl. The second-order valence-electron chi connectivity index (χ2n) is 5.67. The molecule has 6 nitrogen and oxygen atoms in total. The number of rotatable bonds is 6. The summed E-state index contributed by atoms with van der Waals surface area (Å²) in [5.74, 6) is -0.195. The van der Waals surface area contributed by atoms with Crippen LogP contribution in [0.25, 0.3) is 0 Å². The van der Waals surface area contributed by atoms with Gasteiger partial charge in [-0.3, -0.25) is 9.59 Å². The number of ether oxygens (including phenoxy) is 1. The first-order valence-corrected chi connectivity index (χ1v) is 8.77. The molecule has 0 unspecified atom stereocenters. The van der Waals surface area contributed by atoms with Gasteiger partial charge >= 0.3 is 0 Å². The molecule has 0 aliphatic rings. The molecule has 26 heavy (non-hydrogen) atoms. The van der Waals surface area contributed by atoms with Gasteiger partial charge in [0.2, 0.25) is 0 Å². The van der Waals surface area contributed by atoms with Crippen molar-refractivity contribution in [3.63, 3.8) is 0 Å². The highest BCUT2D eigenvalue weighted by Gasteiger charge is 2.13. The highest BCUT2D eigenvalue weighted by molar-refractivity contribution is 6.37.